The number of anilines is 1. The van der Waals surface area contributed by atoms with Crippen molar-refractivity contribution in [2.24, 2.45) is 11.3 Å². The van der Waals surface area contributed by atoms with E-state index >= 15 is 0 Å². The maximum absolute atomic E-state index is 12.4. The summed E-state index contributed by atoms with van der Waals surface area (Å²) >= 11 is 0. The molecule has 2 amide bonds. The van der Waals surface area contributed by atoms with Crippen molar-refractivity contribution in [1.82, 2.24) is 14.9 Å². The number of carbonyl (C=O) groups is 2. The molecule has 2 fully saturated rings. The summed E-state index contributed by atoms with van der Waals surface area (Å²) in [5.41, 5.74) is 0.559. The second-order valence-corrected chi connectivity index (χ2v) is 8.35. The molecule has 0 saturated carbocycles. The van der Waals surface area contributed by atoms with Gasteiger partial charge >= 0.3 is 6.09 Å². The summed E-state index contributed by atoms with van der Waals surface area (Å²) in [6, 6.07) is -0.0290. The molecule has 2 aliphatic rings. The number of hydrogen-bond donors (Lipinski definition) is 0. The number of piperidine rings is 1. The van der Waals surface area contributed by atoms with Crippen molar-refractivity contribution in [3.63, 3.8) is 0 Å². The fourth-order valence-electron chi connectivity index (χ4n) is 3.55. The van der Waals surface area contributed by atoms with Gasteiger partial charge < -0.3 is 9.64 Å². The Hall–Kier alpha value is -2.18. The van der Waals surface area contributed by atoms with Gasteiger partial charge in [-0.25, -0.2) is 9.78 Å². The molecule has 0 bridgehead atoms. The van der Waals surface area contributed by atoms with E-state index in [9.17, 15) is 9.59 Å². The van der Waals surface area contributed by atoms with Gasteiger partial charge in [0.1, 0.15) is 6.61 Å². The summed E-state index contributed by atoms with van der Waals surface area (Å²) in [5, 5.41) is 0. The van der Waals surface area contributed by atoms with Gasteiger partial charge in [-0.15, -0.1) is 0 Å². The molecule has 1 aromatic heterocycles. The fourth-order valence-corrected chi connectivity index (χ4v) is 3.55. The van der Waals surface area contributed by atoms with Crippen LogP contribution in [0.15, 0.2) is 12.4 Å². The van der Waals surface area contributed by atoms with Crippen molar-refractivity contribution >= 4 is 17.8 Å². The minimum absolute atomic E-state index is 0.0290. The molecule has 1 aromatic rings. The van der Waals surface area contributed by atoms with E-state index in [1.54, 1.807) is 17.3 Å². The lowest BCUT2D eigenvalue weighted by molar-refractivity contribution is -0.140. The molecule has 0 spiro atoms. The van der Waals surface area contributed by atoms with Gasteiger partial charge in [0.15, 0.2) is 5.82 Å². The number of ether oxygens (including phenoxy) is 1. The van der Waals surface area contributed by atoms with Gasteiger partial charge in [0.05, 0.1) is 17.9 Å². The first kappa shape index (κ1) is 18.6. The number of aromatic nitrogens is 2. The maximum atomic E-state index is 12.4. The van der Waals surface area contributed by atoms with Gasteiger partial charge in [-0.2, -0.15) is 0 Å². The van der Waals surface area contributed by atoms with Crippen molar-refractivity contribution in [3.05, 3.63) is 18.1 Å². The van der Waals surface area contributed by atoms with Gasteiger partial charge in [0.2, 0.25) is 5.91 Å². The molecular weight excluding hydrogens is 332 g/mol. The van der Waals surface area contributed by atoms with Crippen molar-refractivity contribution in [1.29, 1.82) is 0 Å². The van der Waals surface area contributed by atoms with E-state index in [0.29, 0.717) is 18.3 Å². The largest absolute Gasteiger partial charge is 0.447 e. The molecule has 1 atom stereocenters. The SMILES string of the molecule is C[C@H]1COC(=O)N1c1cncc(CC2CCN(C(=O)C(C)(C)C)CC2)n1. The summed E-state index contributed by atoms with van der Waals surface area (Å²) in [6.07, 6.45) is 5.76. The molecule has 0 unspecified atom stereocenters. The standard InChI is InChI=1S/C19H28N4O3/c1-13-12-26-18(25)23(13)16-11-20-10-15(21-16)9-14-5-7-22(8-6-14)17(24)19(2,3)4/h10-11,13-14H,5-9,12H2,1-4H3/t13-/m0/s1. The molecule has 26 heavy (non-hydrogen) atoms. The predicted octanol–water partition coefficient (Wildman–Crippen LogP) is 2.65. The Morgan fingerprint density at radius 1 is 1.27 bits per heavy atom. The van der Waals surface area contributed by atoms with Crippen LogP contribution in [0, 0.1) is 11.3 Å². The number of cyclic esters (lactones) is 1. The minimum Gasteiger partial charge on any atom is -0.447 e. The molecular formula is C19H28N4O3. The summed E-state index contributed by atoms with van der Waals surface area (Å²) in [7, 11) is 0. The van der Waals surface area contributed by atoms with Gasteiger partial charge in [-0.1, -0.05) is 20.8 Å². The Morgan fingerprint density at radius 3 is 2.54 bits per heavy atom. The quantitative estimate of drug-likeness (QED) is 0.828. The molecule has 0 radical (unpaired) electrons. The molecule has 7 heteroatoms. The predicted molar refractivity (Wildman–Crippen MR) is 97.8 cm³/mol. The number of rotatable bonds is 3. The van der Waals surface area contributed by atoms with Crippen molar-refractivity contribution in [3.8, 4) is 0 Å². The molecule has 0 N–H and O–H groups in total. The van der Waals surface area contributed by atoms with Crippen LogP contribution in [0.5, 0.6) is 0 Å². The van der Waals surface area contributed by atoms with Crippen LogP contribution in [0.2, 0.25) is 0 Å². The Morgan fingerprint density at radius 2 is 1.96 bits per heavy atom. The monoisotopic (exact) mass is 360 g/mol. The second kappa shape index (κ2) is 7.21. The number of carbonyl (C=O) groups excluding carboxylic acids is 2. The molecule has 3 heterocycles. The topological polar surface area (TPSA) is 75.6 Å². The third-order valence-electron chi connectivity index (χ3n) is 5.05. The summed E-state index contributed by atoms with van der Waals surface area (Å²) in [5.74, 6) is 1.25. The molecule has 3 rings (SSSR count). The van der Waals surface area contributed by atoms with E-state index in [4.69, 9.17) is 4.74 Å². The van der Waals surface area contributed by atoms with Crippen molar-refractivity contribution in [2.75, 3.05) is 24.6 Å². The summed E-state index contributed by atoms with van der Waals surface area (Å²) < 4.78 is 5.07. The van der Waals surface area contributed by atoms with Gasteiger partial charge in [-0.3, -0.25) is 14.7 Å². The Balaban J connectivity index is 1.60. The summed E-state index contributed by atoms with van der Waals surface area (Å²) in [6.45, 7) is 9.80. The molecule has 7 nitrogen and oxygen atoms in total. The van der Waals surface area contributed by atoms with Crippen LogP contribution >= 0.6 is 0 Å². The zero-order valence-electron chi connectivity index (χ0n) is 16.1. The number of hydrogen-bond acceptors (Lipinski definition) is 5. The number of nitrogens with zero attached hydrogens (tertiary/aromatic N) is 4. The average molecular weight is 360 g/mol. The van der Waals surface area contributed by atoms with Crippen molar-refractivity contribution < 1.29 is 14.3 Å². The zero-order chi connectivity index (χ0) is 18.9. The van der Waals surface area contributed by atoms with E-state index in [1.165, 1.54) is 0 Å². The number of likely N-dealkylation sites (tertiary alicyclic amines) is 1. The van der Waals surface area contributed by atoms with Gasteiger partial charge in [-0.05, 0) is 32.1 Å². The van der Waals surface area contributed by atoms with Crippen molar-refractivity contribution in [2.45, 2.75) is 53.0 Å². The van der Waals surface area contributed by atoms with Crippen LogP contribution in [-0.4, -0.2) is 52.6 Å². The lowest BCUT2D eigenvalue weighted by atomic mass is 9.89. The molecule has 0 aliphatic carbocycles. The van der Waals surface area contributed by atoms with E-state index in [1.807, 2.05) is 32.6 Å². The number of amides is 2. The van der Waals surface area contributed by atoms with E-state index in [-0.39, 0.29) is 23.5 Å². The van der Waals surface area contributed by atoms with Crippen LogP contribution in [0.4, 0.5) is 10.6 Å². The van der Waals surface area contributed by atoms with Gasteiger partial charge in [0, 0.05) is 24.7 Å². The maximum Gasteiger partial charge on any atom is 0.415 e. The summed E-state index contributed by atoms with van der Waals surface area (Å²) in [4.78, 5) is 36.7. The van der Waals surface area contributed by atoms with Crippen LogP contribution < -0.4 is 4.90 Å². The van der Waals surface area contributed by atoms with E-state index in [0.717, 1.165) is 38.0 Å². The zero-order valence-corrected chi connectivity index (χ0v) is 16.1. The lowest BCUT2D eigenvalue weighted by Crippen LogP contribution is -2.44. The normalized spacial score (nSPS) is 21.8. The first-order chi connectivity index (χ1) is 12.3. The second-order valence-electron chi connectivity index (χ2n) is 8.35. The third-order valence-corrected chi connectivity index (χ3v) is 5.05. The highest BCUT2D eigenvalue weighted by Gasteiger charge is 2.33. The first-order valence-electron chi connectivity index (χ1n) is 9.32. The highest BCUT2D eigenvalue weighted by molar-refractivity contribution is 5.88. The average Bonchev–Trinajstić information content (AvgIpc) is 2.93. The van der Waals surface area contributed by atoms with Crippen LogP contribution in [0.25, 0.3) is 0 Å². The Bertz CT molecular complexity index is 678. The fraction of sp³-hybridized carbons (Fsp3) is 0.684. The molecule has 142 valence electrons. The van der Waals surface area contributed by atoms with Crippen LogP contribution in [-0.2, 0) is 16.0 Å². The minimum atomic E-state index is -0.363. The molecule has 0 aromatic carbocycles. The van der Waals surface area contributed by atoms with Crippen LogP contribution in [0.1, 0.15) is 46.2 Å². The Labute approximate surface area is 154 Å². The van der Waals surface area contributed by atoms with E-state index < -0.39 is 0 Å². The Kier molecular flexibility index (Phi) is 5.16. The first-order valence-corrected chi connectivity index (χ1v) is 9.32. The van der Waals surface area contributed by atoms with Crippen LogP contribution in [0.3, 0.4) is 0 Å². The van der Waals surface area contributed by atoms with Gasteiger partial charge in [0.25, 0.3) is 0 Å². The lowest BCUT2D eigenvalue weighted by Gasteiger charge is -2.35. The highest BCUT2D eigenvalue weighted by atomic mass is 16.6. The molecule has 2 saturated heterocycles. The third kappa shape index (κ3) is 3.97. The smallest absolute Gasteiger partial charge is 0.415 e. The highest BCUT2D eigenvalue weighted by Crippen LogP contribution is 2.26. The van der Waals surface area contributed by atoms with E-state index in [2.05, 4.69) is 9.97 Å². The molecule has 2 aliphatic heterocycles.